The molecular formula is C71H74Br2ClF7N14O14S3. The highest BCUT2D eigenvalue weighted by Crippen LogP contribution is 2.43. The Bertz CT molecular complexity index is 4850. The molecule has 3 aromatic carbocycles. The van der Waals surface area contributed by atoms with Crippen LogP contribution < -0.4 is 21.4 Å². The Morgan fingerprint density at radius 3 is 1.51 bits per heavy atom. The second kappa shape index (κ2) is 37.4. The van der Waals surface area contributed by atoms with Gasteiger partial charge in [0.2, 0.25) is 0 Å². The number of amides is 1. The monoisotopic (exact) mass is 1770 g/mol. The summed E-state index contributed by atoms with van der Waals surface area (Å²) in [6.07, 6.45) is 4.62. The molecule has 600 valence electrons. The molecule has 3 fully saturated rings. The molecule has 3 saturated heterocycles. The van der Waals surface area contributed by atoms with Gasteiger partial charge in [0.15, 0.2) is 43.2 Å². The van der Waals surface area contributed by atoms with Crippen molar-refractivity contribution in [3.63, 3.8) is 0 Å². The zero-order chi connectivity index (χ0) is 81.1. The number of nitrogens with zero attached hydrogens (tertiary/aromatic N) is 10. The molecule has 1 amide bonds. The molecule has 9 heterocycles. The summed E-state index contributed by atoms with van der Waals surface area (Å²) in [5.41, 5.74) is 4.57. The molecule has 0 saturated carbocycles. The first-order chi connectivity index (χ1) is 53.2. The molecule has 0 radical (unpaired) electrons. The molecule has 6 N–H and O–H groups in total. The lowest BCUT2D eigenvalue weighted by Gasteiger charge is -2.36. The van der Waals surface area contributed by atoms with Crippen molar-refractivity contribution < 1.29 is 97.2 Å². The van der Waals surface area contributed by atoms with Crippen molar-refractivity contribution in [1.29, 1.82) is 0 Å². The standard InChI is InChI=1S/C25H27BrF3N5O4.C23H22BrF3N4O4S.C23H25ClFN5O6S2/c1-3-38-24(37)20-18(12-34-13-25(28,29)11-15(34)5-7-19(35)36)31-22(23-30-8-9-33(23)2)32-21(20)16-6-4-14(27)10-17(16)26;1-2-35-22(34)18-16(10-31-11-23(26,27)9-13(31)8-17(32)33)29-20(21-28-5-6-36-21)30-19(18)14-4-3-12(25)7-15(14)24;1-3-36-23(32)18-16(11-30-7-9-38(33,34)12-17(30)21(31)29-35-2)27-20(22-26-6-8-37-22)28-19(18)14-5-4-13(25)10-15(14)24/h4,6,8-10,15,21H,3,5,7,11-13H2,1-2H3,(H,31,32)(H,35,36);3-7,13,19H,2,8-11H2,1H3,(H,29,30)(H,32,33);4-6,8,10,17,19H,3,7,9,11-12H2,1-2H3,(H,27,28)(H,29,31)/t15-,21+;;/m1../s1. The number of hydroxylamine groups is 1. The second-order valence-electron chi connectivity index (χ2n) is 25.9. The first-order valence-electron chi connectivity index (χ1n) is 34.5. The van der Waals surface area contributed by atoms with Crippen molar-refractivity contribution in [3.05, 3.63) is 188 Å². The van der Waals surface area contributed by atoms with Crippen molar-refractivity contribution >= 4 is 129 Å². The summed E-state index contributed by atoms with van der Waals surface area (Å²) in [6.45, 7) is 3.54. The number of sulfone groups is 1. The van der Waals surface area contributed by atoms with Gasteiger partial charge in [-0.3, -0.25) is 48.9 Å². The quantitative estimate of drug-likeness (QED) is 0.0134. The normalized spacial score (nSPS) is 21.5. The molecule has 6 aliphatic rings. The molecule has 28 nitrogen and oxygen atoms in total. The van der Waals surface area contributed by atoms with Crippen LogP contribution in [-0.2, 0) is 64.7 Å². The number of nitrogens with one attached hydrogen (secondary N) is 4. The molecule has 12 rings (SSSR count). The van der Waals surface area contributed by atoms with Crippen LogP contribution >= 0.6 is 66.1 Å². The minimum atomic E-state index is -3.49. The first-order valence-corrected chi connectivity index (χ1v) is 40.1. The van der Waals surface area contributed by atoms with Crippen LogP contribution in [-0.4, -0.2) is 214 Å². The minimum absolute atomic E-state index is 0.0249. The number of amidine groups is 3. The fraction of sp³-hybridized carbons (Fsp3) is 0.408. The average Bonchev–Trinajstić information content (AvgIpc) is 0.897. The maximum Gasteiger partial charge on any atom is 0.338 e. The number of aliphatic carboxylic acids is 2. The van der Waals surface area contributed by atoms with E-state index in [1.54, 1.807) is 72.8 Å². The molecule has 6 aliphatic heterocycles. The summed E-state index contributed by atoms with van der Waals surface area (Å²) < 4.78 is 142. The third-order valence-corrected chi connectivity index (χ3v) is 23.0. The Balaban J connectivity index is 0.000000178. The number of thiazole rings is 2. The van der Waals surface area contributed by atoms with Crippen molar-refractivity contribution in [2.24, 2.45) is 22.0 Å². The first kappa shape index (κ1) is 85.6. The van der Waals surface area contributed by atoms with Gasteiger partial charge in [-0.05, 0) is 74.7 Å². The number of alkyl halides is 4. The number of aromatic nitrogens is 4. The van der Waals surface area contributed by atoms with E-state index in [1.165, 1.54) is 88.1 Å². The number of aryl methyl sites for hydroxylation is 1. The number of hydrogen-bond acceptors (Lipinski definition) is 26. The Kier molecular flexibility index (Phi) is 28.6. The molecule has 112 heavy (non-hydrogen) atoms. The number of imidazole rings is 1. The molecular weight excluding hydrogens is 1700 g/mol. The maximum absolute atomic E-state index is 14.5. The predicted octanol–water partition coefficient (Wildman–Crippen LogP) is 9.56. The van der Waals surface area contributed by atoms with Crippen LogP contribution in [0.4, 0.5) is 30.7 Å². The Hall–Kier alpha value is -8.87. The Morgan fingerprint density at radius 1 is 0.634 bits per heavy atom. The highest BCUT2D eigenvalue weighted by Gasteiger charge is 2.49. The summed E-state index contributed by atoms with van der Waals surface area (Å²) in [5.74, 6) is -11.9. The van der Waals surface area contributed by atoms with Gasteiger partial charge < -0.3 is 44.9 Å². The number of halogens is 10. The Morgan fingerprint density at radius 2 is 1.08 bits per heavy atom. The van der Waals surface area contributed by atoms with E-state index < -0.39 is 149 Å². The van der Waals surface area contributed by atoms with Crippen molar-refractivity contribution in [2.75, 3.05) is 77.7 Å². The van der Waals surface area contributed by atoms with Gasteiger partial charge in [0, 0.05) is 137 Å². The lowest BCUT2D eigenvalue weighted by atomic mass is 9.95. The number of carbonyl (C=O) groups is 6. The van der Waals surface area contributed by atoms with Gasteiger partial charge in [0.1, 0.15) is 41.6 Å². The topological polar surface area (TPSA) is 352 Å². The van der Waals surface area contributed by atoms with Crippen LogP contribution in [0.2, 0.25) is 5.02 Å². The molecule has 6 atom stereocenters. The number of carbonyl (C=O) groups excluding carboxylic acids is 4. The van der Waals surface area contributed by atoms with Gasteiger partial charge >= 0.3 is 29.8 Å². The maximum atomic E-state index is 14.5. The van der Waals surface area contributed by atoms with Crippen LogP contribution in [0.25, 0.3) is 0 Å². The van der Waals surface area contributed by atoms with Gasteiger partial charge in [-0.1, -0.05) is 61.7 Å². The van der Waals surface area contributed by atoms with Crippen LogP contribution in [0.5, 0.6) is 0 Å². The molecule has 4 unspecified atom stereocenters. The minimum Gasteiger partial charge on any atom is -0.481 e. The average molecular weight is 1770 g/mol. The number of aliphatic imine (C=N–C) groups is 3. The number of benzene rings is 3. The van der Waals surface area contributed by atoms with Gasteiger partial charge in [-0.2, -0.15) is 0 Å². The number of ether oxygens (including phenoxy) is 3. The summed E-state index contributed by atoms with van der Waals surface area (Å²) >= 11 is 15.7. The Labute approximate surface area is 666 Å². The van der Waals surface area contributed by atoms with Gasteiger partial charge in [0.25, 0.3) is 17.8 Å². The van der Waals surface area contributed by atoms with Gasteiger partial charge in [-0.15, -0.1) is 22.7 Å². The van der Waals surface area contributed by atoms with E-state index in [0.717, 1.165) is 6.07 Å². The summed E-state index contributed by atoms with van der Waals surface area (Å²) in [7, 11) is -0.488. The van der Waals surface area contributed by atoms with Gasteiger partial charge in [0.05, 0.1) is 74.7 Å². The molecule has 0 spiro atoms. The number of rotatable bonds is 25. The fourth-order valence-electron chi connectivity index (χ4n) is 13.3. The zero-order valence-electron chi connectivity index (χ0n) is 60.2. The SMILES string of the molecule is CCOC(=O)C1=C(CN2CC(F)(F)CC2CC(=O)O)NC(c2nccs2)=NC1c1ccc(F)cc1Br.CCOC(=O)C1=C(CN2CC(F)(F)C[C@H]2CCC(=O)O)NC(c2nccn2C)=N[C@H]1c1ccc(F)cc1Br.CCOC(=O)C1=C(CN2CCS(=O)(=O)CC2C(=O)NOC)NC(c2nccs2)=NC1c1ccc(F)cc1Cl. The third-order valence-electron chi connectivity index (χ3n) is 18.1. The van der Waals surface area contributed by atoms with E-state index in [2.05, 4.69) is 73.2 Å². The summed E-state index contributed by atoms with van der Waals surface area (Å²) in [5, 5.41) is 32.2. The third kappa shape index (κ3) is 21.3. The van der Waals surface area contributed by atoms with E-state index in [0.29, 0.717) is 58.8 Å². The number of esters is 3. The number of hydrogen-bond donors (Lipinski definition) is 6. The lowest BCUT2D eigenvalue weighted by Crippen LogP contribution is -2.57. The van der Waals surface area contributed by atoms with Crippen molar-refractivity contribution in [3.8, 4) is 0 Å². The van der Waals surface area contributed by atoms with E-state index in [9.17, 15) is 73.0 Å². The van der Waals surface area contributed by atoms with Crippen LogP contribution in [0, 0.1) is 17.5 Å². The van der Waals surface area contributed by atoms with E-state index in [-0.39, 0.29) is 104 Å². The van der Waals surface area contributed by atoms with Crippen molar-refractivity contribution in [2.45, 2.75) is 101 Å². The molecule has 3 aromatic heterocycles. The zero-order valence-corrected chi connectivity index (χ0v) is 66.6. The molecule has 6 aromatic rings. The van der Waals surface area contributed by atoms with E-state index in [1.807, 2.05) is 0 Å². The molecule has 0 aliphatic carbocycles. The van der Waals surface area contributed by atoms with Crippen LogP contribution in [0.15, 0.2) is 148 Å². The lowest BCUT2D eigenvalue weighted by molar-refractivity contribution is -0.140. The smallest absolute Gasteiger partial charge is 0.338 e. The summed E-state index contributed by atoms with van der Waals surface area (Å²) in [4.78, 5) is 111. The van der Waals surface area contributed by atoms with Gasteiger partial charge in [-0.25, -0.2) is 74.0 Å². The second-order valence-corrected chi connectivity index (χ2v) is 32.1. The largest absolute Gasteiger partial charge is 0.481 e. The van der Waals surface area contributed by atoms with E-state index >= 15 is 0 Å². The fourth-order valence-corrected chi connectivity index (χ4v) is 17.4. The molecule has 41 heteroatoms. The number of likely N-dealkylation sites (tertiary alicyclic amines) is 2. The van der Waals surface area contributed by atoms with E-state index in [4.69, 9.17) is 45.7 Å². The van der Waals surface area contributed by atoms with Crippen LogP contribution in [0.1, 0.15) is 104 Å². The summed E-state index contributed by atoms with van der Waals surface area (Å²) in [6, 6.07) is 6.05. The number of carboxylic acid groups (broad SMARTS) is 2. The predicted molar refractivity (Wildman–Crippen MR) is 403 cm³/mol. The molecule has 0 bridgehead atoms. The highest BCUT2D eigenvalue weighted by atomic mass is 79.9. The number of carboxylic acids is 2. The van der Waals surface area contributed by atoms with Crippen molar-refractivity contribution in [1.82, 2.24) is 55.6 Å². The van der Waals surface area contributed by atoms with Crippen LogP contribution in [0.3, 0.4) is 0 Å². The highest BCUT2D eigenvalue weighted by molar-refractivity contribution is 9.10.